The molecule has 2 aromatic rings. The number of hydrogen-bond donors (Lipinski definition) is 1. The number of fused-ring (bicyclic) bond motifs is 3. The van der Waals surface area contributed by atoms with Crippen LogP contribution in [0.15, 0.2) is 30.3 Å². The number of rotatable bonds is 2. The van der Waals surface area contributed by atoms with Crippen LogP contribution in [-0.2, 0) is 12.8 Å². The van der Waals surface area contributed by atoms with Gasteiger partial charge in [-0.3, -0.25) is 4.98 Å². The van der Waals surface area contributed by atoms with Crippen LogP contribution < -0.4 is 0 Å². The van der Waals surface area contributed by atoms with E-state index in [2.05, 4.69) is 12.1 Å². The second-order valence-electron chi connectivity index (χ2n) is 5.55. The molecule has 20 heavy (non-hydrogen) atoms. The number of aromatic nitrogens is 1. The van der Waals surface area contributed by atoms with Gasteiger partial charge < -0.3 is 5.11 Å². The molecule has 3 nitrogen and oxygen atoms in total. The van der Waals surface area contributed by atoms with Crippen LogP contribution >= 0.6 is 0 Å². The van der Waals surface area contributed by atoms with Gasteiger partial charge in [-0.1, -0.05) is 38.1 Å². The van der Waals surface area contributed by atoms with Crippen molar-refractivity contribution in [1.82, 2.24) is 4.98 Å². The number of carboxylic acids is 1. The van der Waals surface area contributed by atoms with Crippen LogP contribution in [-0.4, -0.2) is 16.1 Å². The highest BCUT2D eigenvalue weighted by Gasteiger charge is 2.23. The fourth-order valence-corrected chi connectivity index (χ4v) is 2.84. The Labute approximate surface area is 118 Å². The van der Waals surface area contributed by atoms with Crippen LogP contribution in [0.25, 0.3) is 11.3 Å². The smallest absolute Gasteiger partial charge is 0.337 e. The first-order valence-corrected chi connectivity index (χ1v) is 6.93. The lowest BCUT2D eigenvalue weighted by atomic mass is 9.87. The van der Waals surface area contributed by atoms with Crippen molar-refractivity contribution in [1.29, 1.82) is 0 Å². The number of benzene rings is 1. The standard InChI is InChI=1S/C17H17NO2/c1-10(2)15-14(17(19)20)9-12-8-7-11-5-3-4-6-13(11)16(12)18-15/h3-6,9-10H,7-8H2,1-2H3,(H,19,20). The molecule has 1 aliphatic rings. The summed E-state index contributed by atoms with van der Waals surface area (Å²) in [5.41, 5.74) is 5.47. The van der Waals surface area contributed by atoms with Gasteiger partial charge in [-0.25, -0.2) is 4.79 Å². The number of carbonyl (C=O) groups is 1. The maximum absolute atomic E-state index is 11.4. The monoisotopic (exact) mass is 267 g/mol. The molecule has 1 aromatic heterocycles. The highest BCUT2D eigenvalue weighted by atomic mass is 16.4. The molecule has 0 aliphatic heterocycles. The maximum atomic E-state index is 11.4. The Morgan fingerprint density at radius 3 is 2.60 bits per heavy atom. The van der Waals surface area contributed by atoms with Gasteiger partial charge in [-0.05, 0) is 36.0 Å². The molecular formula is C17H17NO2. The van der Waals surface area contributed by atoms with Crippen LogP contribution in [0.2, 0.25) is 0 Å². The van der Waals surface area contributed by atoms with Crippen molar-refractivity contribution < 1.29 is 9.90 Å². The van der Waals surface area contributed by atoms with Crippen LogP contribution in [0.5, 0.6) is 0 Å². The molecule has 0 atom stereocenters. The van der Waals surface area contributed by atoms with Gasteiger partial charge in [0.25, 0.3) is 0 Å². The highest BCUT2D eigenvalue weighted by Crippen LogP contribution is 2.34. The summed E-state index contributed by atoms with van der Waals surface area (Å²) in [6, 6.07) is 10.1. The van der Waals surface area contributed by atoms with Crippen molar-refractivity contribution in [2.75, 3.05) is 0 Å². The van der Waals surface area contributed by atoms with Gasteiger partial charge in [0.2, 0.25) is 0 Å². The topological polar surface area (TPSA) is 50.2 Å². The number of nitrogens with zero attached hydrogens (tertiary/aromatic N) is 1. The molecule has 0 saturated heterocycles. The normalized spacial score (nSPS) is 12.9. The Kier molecular flexibility index (Phi) is 3.05. The molecule has 1 aliphatic carbocycles. The van der Waals surface area contributed by atoms with E-state index in [0.29, 0.717) is 11.3 Å². The van der Waals surface area contributed by atoms with E-state index in [-0.39, 0.29) is 5.92 Å². The average Bonchev–Trinajstić information content (AvgIpc) is 2.45. The summed E-state index contributed by atoms with van der Waals surface area (Å²) in [6.07, 6.45) is 1.81. The Morgan fingerprint density at radius 1 is 1.20 bits per heavy atom. The number of pyridine rings is 1. The molecule has 1 heterocycles. The largest absolute Gasteiger partial charge is 0.478 e. The number of hydrogen-bond acceptors (Lipinski definition) is 2. The van der Waals surface area contributed by atoms with Gasteiger partial charge in [0, 0.05) is 5.56 Å². The zero-order valence-electron chi connectivity index (χ0n) is 11.7. The molecule has 0 amide bonds. The summed E-state index contributed by atoms with van der Waals surface area (Å²) in [4.78, 5) is 16.1. The highest BCUT2D eigenvalue weighted by molar-refractivity contribution is 5.90. The van der Waals surface area contributed by atoms with Crippen molar-refractivity contribution in [3.05, 3.63) is 52.7 Å². The lowest BCUT2D eigenvalue weighted by Crippen LogP contribution is -2.13. The lowest BCUT2D eigenvalue weighted by molar-refractivity contribution is 0.0694. The molecule has 0 radical (unpaired) electrons. The lowest BCUT2D eigenvalue weighted by Gasteiger charge is -2.21. The fourth-order valence-electron chi connectivity index (χ4n) is 2.84. The van der Waals surface area contributed by atoms with Gasteiger partial charge in [0.1, 0.15) is 0 Å². The van der Waals surface area contributed by atoms with Gasteiger partial charge in [-0.2, -0.15) is 0 Å². The molecule has 1 aromatic carbocycles. The van der Waals surface area contributed by atoms with Crippen molar-refractivity contribution >= 4 is 5.97 Å². The van der Waals surface area contributed by atoms with Gasteiger partial charge in [0.05, 0.1) is 17.0 Å². The molecule has 0 bridgehead atoms. The van der Waals surface area contributed by atoms with Gasteiger partial charge in [-0.15, -0.1) is 0 Å². The molecule has 0 fully saturated rings. The zero-order chi connectivity index (χ0) is 14.3. The number of aromatic carboxylic acids is 1. The van der Waals surface area contributed by atoms with E-state index in [1.54, 1.807) is 0 Å². The van der Waals surface area contributed by atoms with E-state index in [0.717, 1.165) is 29.7 Å². The molecular weight excluding hydrogens is 250 g/mol. The summed E-state index contributed by atoms with van der Waals surface area (Å²) >= 11 is 0. The minimum atomic E-state index is -0.886. The quantitative estimate of drug-likeness (QED) is 0.903. The number of carboxylic acid groups (broad SMARTS) is 1. The van der Waals surface area contributed by atoms with E-state index < -0.39 is 5.97 Å². The van der Waals surface area contributed by atoms with Crippen molar-refractivity contribution in [2.45, 2.75) is 32.6 Å². The van der Waals surface area contributed by atoms with E-state index >= 15 is 0 Å². The first-order valence-electron chi connectivity index (χ1n) is 6.93. The van der Waals surface area contributed by atoms with Gasteiger partial charge in [0.15, 0.2) is 0 Å². The molecule has 3 heteroatoms. The van der Waals surface area contributed by atoms with Crippen molar-refractivity contribution in [3.8, 4) is 11.3 Å². The van der Waals surface area contributed by atoms with Crippen LogP contribution in [0.3, 0.4) is 0 Å². The third kappa shape index (κ3) is 1.99. The van der Waals surface area contributed by atoms with Crippen LogP contribution in [0, 0.1) is 0 Å². The zero-order valence-corrected chi connectivity index (χ0v) is 11.7. The van der Waals surface area contributed by atoms with E-state index in [1.807, 2.05) is 32.0 Å². The minimum Gasteiger partial charge on any atom is -0.478 e. The predicted octanol–water partition coefficient (Wildman–Crippen LogP) is 3.67. The average molecular weight is 267 g/mol. The van der Waals surface area contributed by atoms with Crippen molar-refractivity contribution in [3.63, 3.8) is 0 Å². The third-order valence-corrected chi connectivity index (χ3v) is 3.84. The Morgan fingerprint density at radius 2 is 1.90 bits per heavy atom. The summed E-state index contributed by atoms with van der Waals surface area (Å²) < 4.78 is 0. The predicted molar refractivity (Wildman–Crippen MR) is 78.1 cm³/mol. The first-order chi connectivity index (χ1) is 9.58. The van der Waals surface area contributed by atoms with E-state index in [9.17, 15) is 9.90 Å². The van der Waals surface area contributed by atoms with Gasteiger partial charge >= 0.3 is 5.97 Å². The van der Waals surface area contributed by atoms with Crippen LogP contribution in [0.1, 0.15) is 46.9 Å². The summed E-state index contributed by atoms with van der Waals surface area (Å²) in [6.45, 7) is 3.96. The third-order valence-electron chi connectivity index (χ3n) is 3.84. The van der Waals surface area contributed by atoms with Crippen LogP contribution in [0.4, 0.5) is 0 Å². The van der Waals surface area contributed by atoms with Crippen molar-refractivity contribution in [2.24, 2.45) is 0 Å². The second kappa shape index (κ2) is 4.75. The molecule has 102 valence electrons. The molecule has 0 saturated carbocycles. The Bertz CT molecular complexity index is 689. The molecule has 1 N–H and O–H groups in total. The number of aryl methyl sites for hydroxylation is 2. The summed E-state index contributed by atoms with van der Waals surface area (Å²) in [5, 5.41) is 9.37. The summed E-state index contributed by atoms with van der Waals surface area (Å²) in [7, 11) is 0. The first kappa shape index (κ1) is 12.9. The molecule has 0 unspecified atom stereocenters. The fraction of sp³-hybridized carbons (Fsp3) is 0.294. The second-order valence-corrected chi connectivity index (χ2v) is 5.55. The summed E-state index contributed by atoms with van der Waals surface area (Å²) in [5.74, 6) is -0.789. The van der Waals surface area contributed by atoms with E-state index in [1.165, 1.54) is 5.56 Å². The Balaban J connectivity index is 2.25. The Hall–Kier alpha value is -2.16. The maximum Gasteiger partial charge on any atom is 0.337 e. The minimum absolute atomic E-state index is 0.0977. The SMILES string of the molecule is CC(C)c1nc2c(cc1C(=O)O)CCc1ccccc1-2. The van der Waals surface area contributed by atoms with E-state index in [4.69, 9.17) is 4.98 Å². The molecule has 3 rings (SSSR count). The molecule has 0 spiro atoms.